The highest BCUT2D eigenvalue weighted by Crippen LogP contribution is 2.08. The van der Waals surface area contributed by atoms with Crippen molar-refractivity contribution in [3.8, 4) is 0 Å². The normalized spacial score (nSPS) is 23.4. The van der Waals surface area contributed by atoms with Crippen molar-refractivity contribution in [3.05, 3.63) is 0 Å². The number of sulfonamides is 1. The van der Waals surface area contributed by atoms with Gasteiger partial charge in [-0.2, -0.15) is 0 Å². The summed E-state index contributed by atoms with van der Waals surface area (Å²) in [5, 5.41) is 23.1. The second-order valence-corrected chi connectivity index (χ2v) is 18.9. The molecular formula is C38H75N9O10S2. The summed E-state index contributed by atoms with van der Waals surface area (Å²) in [6.07, 6.45) is 16.8. The van der Waals surface area contributed by atoms with E-state index in [4.69, 9.17) is 0 Å². The van der Waals surface area contributed by atoms with E-state index < -0.39 is 19.9 Å². The van der Waals surface area contributed by atoms with E-state index in [1.54, 1.807) is 0 Å². The Bertz CT molecular complexity index is 1190. The lowest BCUT2D eigenvalue weighted by Crippen LogP contribution is -2.44. The number of Topliss-reactive ketones (excluding diaryl/α,β-unsaturated/α-hetero) is 1. The van der Waals surface area contributed by atoms with Crippen LogP contribution in [0.25, 0.3) is 0 Å². The number of piperidine rings is 2. The van der Waals surface area contributed by atoms with Crippen molar-refractivity contribution in [2.45, 2.75) is 103 Å². The Morgan fingerprint density at radius 1 is 0.407 bits per heavy atom. The van der Waals surface area contributed by atoms with Crippen LogP contribution in [0.2, 0.25) is 0 Å². The lowest BCUT2D eigenvalue weighted by molar-refractivity contribution is -0.138. The van der Waals surface area contributed by atoms with Gasteiger partial charge in [0.1, 0.15) is 15.6 Å². The Balaban J connectivity index is 0.000000332. The van der Waals surface area contributed by atoms with Crippen molar-refractivity contribution in [2.24, 2.45) is 0 Å². The Hall–Kier alpha value is -2.95. The molecule has 9 rings (SSSR count). The molecule has 21 heteroatoms. The third-order valence-corrected chi connectivity index (χ3v) is 12.5. The molecule has 0 aromatic carbocycles. The van der Waals surface area contributed by atoms with Crippen molar-refractivity contribution in [2.75, 3.05) is 109 Å². The van der Waals surface area contributed by atoms with Crippen LogP contribution < -0.4 is 47.3 Å². The zero-order valence-electron chi connectivity index (χ0n) is 35.2. The number of rotatable bonds is 0. The van der Waals surface area contributed by atoms with Crippen molar-refractivity contribution < 1.29 is 45.5 Å². The van der Waals surface area contributed by atoms with Gasteiger partial charge < -0.3 is 47.3 Å². The van der Waals surface area contributed by atoms with E-state index in [2.05, 4.69) is 52.0 Å². The van der Waals surface area contributed by atoms with E-state index in [1.165, 1.54) is 64.7 Å². The van der Waals surface area contributed by atoms with E-state index >= 15 is 0 Å². The fourth-order valence-electron chi connectivity index (χ4n) is 5.81. The summed E-state index contributed by atoms with van der Waals surface area (Å²) in [6, 6.07) is -0.0463. The number of hydrogen-bond donors (Lipinski definition) is 9. The monoisotopic (exact) mass is 882 g/mol. The zero-order valence-corrected chi connectivity index (χ0v) is 36.9. The second-order valence-electron chi connectivity index (χ2n) is 14.7. The first kappa shape index (κ1) is 54.1. The van der Waals surface area contributed by atoms with E-state index in [9.17, 15) is 40.8 Å². The molecule has 344 valence electrons. The fourth-order valence-corrected chi connectivity index (χ4v) is 8.43. The fraction of sp³-hybridized carbons (Fsp3) is 0.868. The largest absolute Gasteiger partial charge is 0.466 e. The van der Waals surface area contributed by atoms with Gasteiger partial charge in [0.25, 0.3) is 0 Å². The molecule has 9 aliphatic rings. The smallest absolute Gasteiger partial charge is 0.314 e. The van der Waals surface area contributed by atoms with E-state index in [0.717, 1.165) is 104 Å². The van der Waals surface area contributed by atoms with E-state index in [1.807, 2.05) is 0 Å². The van der Waals surface area contributed by atoms with Crippen LogP contribution in [0.5, 0.6) is 0 Å². The van der Waals surface area contributed by atoms with Crippen LogP contribution in [0, 0.1) is 0 Å². The standard InChI is InChI=1S/C6H11NO.2C5H11N.C4H8N2O.C4H7NO.C4H8O2S.C4H6O2.C3H6N2O.C3H7NO2S/c8-6-2-1-4-7-5-3-6;2*1-2-4-6-5-3-1;7-4-3-5-1-2-6-4;6-4-2-1-3-5-4;5-7(6)3-1-2-4-7;5-4-2-1-3-6-4;6-3-4-1-2-5-3;5-7(6)3-1-2-4-7/h7H,1-5H2;2*6H,1-5H2;5H,1-3H2,(H,6,7);1-3H2,(H,5,6);1-4H2;1-3H2;1-2H2,(H2,4,5,6);4H,1-3H2. The first-order chi connectivity index (χ1) is 28.4. The number of nitrogens with one attached hydrogen (secondary N) is 9. The van der Waals surface area contributed by atoms with Crippen LogP contribution in [0.4, 0.5) is 4.79 Å². The van der Waals surface area contributed by atoms with Crippen LogP contribution in [-0.4, -0.2) is 155 Å². The first-order valence-electron chi connectivity index (χ1n) is 21.6. The maximum Gasteiger partial charge on any atom is 0.314 e. The number of cyclic esters (lactones) is 1. The quantitative estimate of drug-likeness (QED) is 0.140. The van der Waals surface area contributed by atoms with Crippen molar-refractivity contribution in [1.82, 2.24) is 47.3 Å². The summed E-state index contributed by atoms with van der Waals surface area (Å²) in [6.45, 7) is 12.8. The highest BCUT2D eigenvalue weighted by molar-refractivity contribution is 7.91. The lowest BCUT2D eigenvalue weighted by atomic mass is 10.2. The molecule has 19 nitrogen and oxygen atoms in total. The summed E-state index contributed by atoms with van der Waals surface area (Å²) in [4.78, 5) is 51.1. The van der Waals surface area contributed by atoms with Crippen molar-refractivity contribution >= 4 is 49.5 Å². The van der Waals surface area contributed by atoms with Gasteiger partial charge in [-0.3, -0.25) is 19.2 Å². The number of esters is 1. The minimum atomic E-state index is -2.80. The molecule has 0 radical (unpaired) electrons. The molecule has 9 N–H and O–H groups in total. The van der Waals surface area contributed by atoms with Gasteiger partial charge >= 0.3 is 12.0 Å². The van der Waals surface area contributed by atoms with Gasteiger partial charge in [-0.05, 0) is 96.9 Å². The minimum absolute atomic E-state index is 0.0463. The number of ether oxygens (including phenoxy) is 1. The molecule has 0 aromatic rings. The average Bonchev–Trinajstić information content (AvgIpc) is 4.12. The van der Waals surface area contributed by atoms with Gasteiger partial charge in [0.2, 0.25) is 21.8 Å². The number of piperazine rings is 1. The number of urea groups is 1. The minimum Gasteiger partial charge on any atom is -0.466 e. The van der Waals surface area contributed by atoms with Crippen molar-refractivity contribution in [3.63, 3.8) is 0 Å². The number of carbonyl (C=O) groups excluding carboxylic acids is 5. The predicted molar refractivity (Wildman–Crippen MR) is 229 cm³/mol. The Morgan fingerprint density at radius 3 is 1.22 bits per heavy atom. The van der Waals surface area contributed by atoms with Gasteiger partial charge in [-0.1, -0.05) is 12.8 Å². The van der Waals surface area contributed by atoms with Crippen molar-refractivity contribution in [1.29, 1.82) is 0 Å². The van der Waals surface area contributed by atoms with E-state index in [-0.39, 0.29) is 23.8 Å². The summed E-state index contributed by atoms with van der Waals surface area (Å²) >= 11 is 0. The molecule has 0 unspecified atom stereocenters. The SMILES string of the molecule is C1CCNCC1.C1CCNCC1.O=C1CCCN1.O=C1CCCNCC1.O=C1CCCO1.O=C1CNCCN1.O=C1NCCN1.O=S1(=O)CCCC1.O=S1(=O)CCCN1. The van der Waals surface area contributed by atoms with Gasteiger partial charge in [0.05, 0.1) is 30.4 Å². The van der Waals surface area contributed by atoms with Crippen LogP contribution in [-0.2, 0) is 43.8 Å². The molecule has 0 bridgehead atoms. The van der Waals surface area contributed by atoms with Crippen LogP contribution in [0.3, 0.4) is 0 Å². The zero-order chi connectivity index (χ0) is 43.3. The molecule has 9 saturated heterocycles. The molecule has 4 amide bonds. The molecule has 0 aliphatic carbocycles. The molecule has 59 heavy (non-hydrogen) atoms. The van der Waals surface area contributed by atoms with E-state index in [0.29, 0.717) is 49.2 Å². The Kier molecular flexibility index (Phi) is 32.8. The van der Waals surface area contributed by atoms with Gasteiger partial charge in [0, 0.05) is 71.5 Å². The van der Waals surface area contributed by atoms with Crippen LogP contribution >= 0.6 is 0 Å². The summed E-state index contributed by atoms with van der Waals surface area (Å²) < 4.78 is 48.4. The van der Waals surface area contributed by atoms with Crippen LogP contribution in [0.15, 0.2) is 0 Å². The summed E-state index contributed by atoms with van der Waals surface area (Å²) in [7, 11) is -5.34. The van der Waals surface area contributed by atoms with Gasteiger partial charge in [-0.25, -0.2) is 26.4 Å². The number of hydrogen-bond acceptors (Lipinski definition) is 14. The third-order valence-electron chi connectivity index (χ3n) is 9.17. The molecule has 0 atom stereocenters. The maximum atomic E-state index is 10.6. The topological polar surface area (TPSA) is 271 Å². The lowest BCUT2D eigenvalue weighted by Gasteiger charge is -2.11. The third kappa shape index (κ3) is 36.6. The predicted octanol–water partition coefficient (Wildman–Crippen LogP) is -0.422. The second kappa shape index (κ2) is 35.8. The molecule has 0 aromatic heterocycles. The molecule has 9 fully saturated rings. The maximum absolute atomic E-state index is 10.6. The summed E-state index contributed by atoms with van der Waals surface area (Å²) in [5.74, 6) is 1.83. The molecule has 9 heterocycles. The number of ketones is 1. The highest BCUT2D eigenvalue weighted by atomic mass is 32.2. The van der Waals surface area contributed by atoms with Crippen LogP contribution in [0.1, 0.15) is 103 Å². The molecule has 0 spiro atoms. The number of amides is 4. The molecule has 0 saturated carbocycles. The van der Waals surface area contributed by atoms with Gasteiger partial charge in [-0.15, -0.1) is 0 Å². The Labute approximate surface area is 352 Å². The number of sulfone groups is 1. The summed E-state index contributed by atoms with van der Waals surface area (Å²) in [5.41, 5.74) is 0. The Morgan fingerprint density at radius 2 is 0.966 bits per heavy atom. The highest BCUT2D eigenvalue weighted by Gasteiger charge is 2.16. The molecular weight excluding hydrogens is 807 g/mol. The molecule has 9 aliphatic heterocycles. The average molecular weight is 882 g/mol. The first-order valence-corrected chi connectivity index (χ1v) is 25.1. The van der Waals surface area contributed by atoms with Gasteiger partial charge in [0.15, 0.2) is 0 Å². The number of carbonyl (C=O) groups is 5.